The van der Waals surface area contributed by atoms with E-state index in [-0.39, 0.29) is 18.9 Å². The minimum absolute atomic E-state index is 0.228. The fraction of sp³-hybridized carbons (Fsp3) is 0.653. The van der Waals surface area contributed by atoms with E-state index in [4.69, 9.17) is 9.47 Å². The standard InChI is InChI=1S/C72H119NO8/c1-3-5-7-9-11-13-15-17-19-21-23-25-27-29-31-32-33-34-36-38-40-42-44-46-48-50-52-54-56-58-60-62-68(76)73-65(64-80-72-71(79)70(78)69(77)67(63-74)81-72)66(75)61-59-57-55-53-51-49-47-45-43-41-39-37-35-30-28-26-24-22-20-18-16-14-12-10-8-6-4-2/h5,7,11,13,17,19,23,25,29,31,33-34,38,40,43-46,50-53,59,61,65-67,69-72,74-75,77-79H,3-4,6,8-10,12,14-16,18,20-22,24,26-28,30,32,35-37,39,41-42,47-49,54-58,60,62-64H2,1-2H3,(H,73,76)/b7-5-,13-11-,19-17-,25-23-,31-29-,34-33-,40-38-,45-43+,46-44-,52-50-,53-51+,61-59+. The Bertz CT molecular complexity index is 1780. The molecule has 0 spiro atoms. The summed E-state index contributed by atoms with van der Waals surface area (Å²) in [5, 5.41) is 54.6. The van der Waals surface area contributed by atoms with Gasteiger partial charge in [-0.05, 0) is 116 Å². The number of aliphatic hydroxyl groups excluding tert-OH is 5. The van der Waals surface area contributed by atoms with Gasteiger partial charge in [-0.15, -0.1) is 0 Å². The Hall–Kier alpha value is -3.93. The molecule has 9 heteroatoms. The highest BCUT2D eigenvalue weighted by Crippen LogP contribution is 2.23. The molecule has 1 aliphatic heterocycles. The molecule has 1 heterocycles. The molecule has 0 aromatic carbocycles. The third-order valence-corrected chi connectivity index (χ3v) is 14.4. The van der Waals surface area contributed by atoms with Gasteiger partial charge < -0.3 is 40.3 Å². The van der Waals surface area contributed by atoms with Crippen molar-refractivity contribution in [1.82, 2.24) is 5.32 Å². The fourth-order valence-electron chi connectivity index (χ4n) is 9.30. The van der Waals surface area contributed by atoms with Gasteiger partial charge in [0.15, 0.2) is 6.29 Å². The Labute approximate surface area is 495 Å². The maximum Gasteiger partial charge on any atom is 0.220 e. The van der Waals surface area contributed by atoms with Gasteiger partial charge in [0.05, 0.1) is 25.4 Å². The summed E-state index contributed by atoms with van der Waals surface area (Å²) < 4.78 is 11.3. The average Bonchev–Trinajstić information content (AvgIpc) is 3.47. The maximum atomic E-state index is 13.1. The van der Waals surface area contributed by atoms with Gasteiger partial charge in [0.2, 0.25) is 5.91 Å². The van der Waals surface area contributed by atoms with Gasteiger partial charge in [-0.3, -0.25) is 4.79 Å². The lowest BCUT2D eigenvalue weighted by Gasteiger charge is -2.40. The lowest BCUT2D eigenvalue weighted by Crippen LogP contribution is -2.60. The van der Waals surface area contributed by atoms with Crippen LogP contribution >= 0.6 is 0 Å². The smallest absolute Gasteiger partial charge is 0.220 e. The summed E-state index contributed by atoms with van der Waals surface area (Å²) in [7, 11) is 0. The van der Waals surface area contributed by atoms with Crippen molar-refractivity contribution >= 4 is 5.91 Å². The number of rotatable bonds is 54. The first kappa shape index (κ1) is 75.1. The van der Waals surface area contributed by atoms with E-state index in [1.165, 1.54) is 109 Å². The Morgan fingerprint density at radius 3 is 1.19 bits per heavy atom. The van der Waals surface area contributed by atoms with Crippen LogP contribution in [0.1, 0.15) is 245 Å². The van der Waals surface area contributed by atoms with Crippen molar-refractivity contribution in [3.05, 3.63) is 146 Å². The average molecular weight is 1130 g/mol. The number of amides is 1. The SMILES string of the molecule is CC/C=C\C/C=C\C/C=C\C/C=C\C/C=C\C/C=C\C/C=C\C/C=C\C/C=C\CCCCCC(=O)NC(COC1OC(CO)C(O)C(O)C1O)C(O)/C=C/CC/C=C/CC/C=C/CCCCCCCCCCCCCCCCCCC. The van der Waals surface area contributed by atoms with E-state index < -0.39 is 49.5 Å². The highest BCUT2D eigenvalue weighted by Gasteiger charge is 2.44. The largest absolute Gasteiger partial charge is 0.394 e. The molecule has 0 bridgehead atoms. The van der Waals surface area contributed by atoms with E-state index in [9.17, 15) is 30.3 Å². The van der Waals surface area contributed by atoms with Crippen LogP contribution in [0.5, 0.6) is 0 Å². The number of ether oxygens (including phenoxy) is 2. The summed E-state index contributed by atoms with van der Waals surface area (Å²) in [5.74, 6) is -0.228. The molecule has 1 saturated heterocycles. The Morgan fingerprint density at radius 2 is 0.778 bits per heavy atom. The summed E-state index contributed by atoms with van der Waals surface area (Å²) in [5.41, 5.74) is 0. The van der Waals surface area contributed by atoms with Crippen LogP contribution in [0.3, 0.4) is 0 Å². The number of hydrogen-bond acceptors (Lipinski definition) is 8. The van der Waals surface area contributed by atoms with Crippen molar-refractivity contribution in [2.45, 2.75) is 288 Å². The van der Waals surface area contributed by atoms with Crippen LogP contribution in [0.15, 0.2) is 146 Å². The monoisotopic (exact) mass is 1130 g/mol. The quantitative estimate of drug-likeness (QED) is 0.0261. The topological polar surface area (TPSA) is 149 Å². The Balaban J connectivity index is 2.28. The first-order valence-electron chi connectivity index (χ1n) is 32.6. The first-order valence-corrected chi connectivity index (χ1v) is 32.6. The lowest BCUT2D eigenvalue weighted by molar-refractivity contribution is -0.302. The van der Waals surface area contributed by atoms with Crippen molar-refractivity contribution in [2.75, 3.05) is 13.2 Å². The summed E-state index contributed by atoms with van der Waals surface area (Å²) in [4.78, 5) is 13.1. The van der Waals surface area contributed by atoms with E-state index in [0.29, 0.717) is 12.8 Å². The van der Waals surface area contributed by atoms with Crippen molar-refractivity contribution < 1.29 is 39.8 Å². The van der Waals surface area contributed by atoms with Gasteiger partial charge in [0, 0.05) is 6.42 Å². The van der Waals surface area contributed by atoms with Crippen LogP contribution in [-0.4, -0.2) is 87.5 Å². The number of carbonyl (C=O) groups excluding carboxylic acids is 1. The van der Waals surface area contributed by atoms with Gasteiger partial charge >= 0.3 is 0 Å². The zero-order valence-electron chi connectivity index (χ0n) is 51.2. The van der Waals surface area contributed by atoms with Gasteiger partial charge in [0.25, 0.3) is 0 Å². The number of unbranched alkanes of at least 4 members (excludes halogenated alkanes) is 22. The van der Waals surface area contributed by atoms with Crippen LogP contribution in [0.4, 0.5) is 0 Å². The number of aliphatic hydroxyl groups is 5. The fourth-order valence-corrected chi connectivity index (χ4v) is 9.30. The van der Waals surface area contributed by atoms with E-state index in [1.807, 2.05) is 6.08 Å². The van der Waals surface area contributed by atoms with Crippen molar-refractivity contribution in [2.24, 2.45) is 0 Å². The second kappa shape index (κ2) is 59.2. The summed E-state index contributed by atoms with van der Waals surface area (Å²) in [6.07, 6.45) is 85.0. The molecule has 0 saturated carbocycles. The maximum absolute atomic E-state index is 13.1. The predicted octanol–water partition coefficient (Wildman–Crippen LogP) is 17.4. The van der Waals surface area contributed by atoms with E-state index in [0.717, 1.165) is 103 Å². The number of hydrogen-bond donors (Lipinski definition) is 6. The highest BCUT2D eigenvalue weighted by molar-refractivity contribution is 5.76. The minimum atomic E-state index is -1.59. The molecule has 0 aromatic heterocycles. The molecule has 7 atom stereocenters. The molecule has 0 radical (unpaired) electrons. The highest BCUT2D eigenvalue weighted by atomic mass is 16.7. The van der Waals surface area contributed by atoms with Gasteiger partial charge in [-0.25, -0.2) is 0 Å². The van der Waals surface area contributed by atoms with E-state index in [2.05, 4.69) is 153 Å². The molecule has 1 amide bonds. The predicted molar refractivity (Wildman–Crippen MR) is 345 cm³/mol. The lowest BCUT2D eigenvalue weighted by atomic mass is 9.99. The molecule has 0 aromatic rings. The van der Waals surface area contributed by atoms with Crippen LogP contribution in [0.25, 0.3) is 0 Å². The van der Waals surface area contributed by atoms with E-state index >= 15 is 0 Å². The third kappa shape index (κ3) is 48.2. The Kier molecular flexibility index (Phi) is 54.9. The number of nitrogens with one attached hydrogen (secondary N) is 1. The molecule has 1 aliphatic rings. The molecule has 6 N–H and O–H groups in total. The second-order valence-electron chi connectivity index (χ2n) is 21.8. The number of carbonyl (C=O) groups is 1. The molecular formula is C72H119NO8. The van der Waals surface area contributed by atoms with Crippen LogP contribution in [-0.2, 0) is 14.3 Å². The Morgan fingerprint density at radius 1 is 0.432 bits per heavy atom. The molecule has 81 heavy (non-hydrogen) atoms. The normalized spacial score (nSPS) is 19.4. The molecule has 1 rings (SSSR count). The second-order valence-corrected chi connectivity index (χ2v) is 21.8. The molecule has 7 unspecified atom stereocenters. The first-order chi connectivity index (χ1) is 39.8. The third-order valence-electron chi connectivity index (χ3n) is 14.4. The zero-order chi connectivity index (χ0) is 58.6. The van der Waals surface area contributed by atoms with Crippen molar-refractivity contribution in [3.63, 3.8) is 0 Å². The van der Waals surface area contributed by atoms with Crippen molar-refractivity contribution in [1.29, 1.82) is 0 Å². The summed E-state index contributed by atoms with van der Waals surface area (Å²) >= 11 is 0. The summed E-state index contributed by atoms with van der Waals surface area (Å²) in [6.45, 7) is 3.63. The van der Waals surface area contributed by atoms with Gasteiger partial charge in [0.1, 0.15) is 24.4 Å². The van der Waals surface area contributed by atoms with Crippen LogP contribution < -0.4 is 5.32 Å². The minimum Gasteiger partial charge on any atom is -0.394 e. The van der Waals surface area contributed by atoms with Crippen LogP contribution in [0.2, 0.25) is 0 Å². The number of allylic oxidation sites excluding steroid dienone is 23. The molecule has 9 nitrogen and oxygen atoms in total. The molecular weight excluding hydrogens is 1010 g/mol. The van der Waals surface area contributed by atoms with Gasteiger partial charge in [-0.1, -0.05) is 269 Å². The molecule has 0 aliphatic carbocycles. The zero-order valence-corrected chi connectivity index (χ0v) is 51.2. The summed E-state index contributed by atoms with van der Waals surface area (Å²) in [6, 6.07) is -0.860. The molecule has 460 valence electrons. The molecule has 1 fully saturated rings. The van der Waals surface area contributed by atoms with Crippen LogP contribution in [0, 0.1) is 0 Å². The van der Waals surface area contributed by atoms with Crippen molar-refractivity contribution in [3.8, 4) is 0 Å². The van der Waals surface area contributed by atoms with Gasteiger partial charge in [-0.2, -0.15) is 0 Å². The van der Waals surface area contributed by atoms with E-state index in [1.54, 1.807) is 6.08 Å².